The third kappa shape index (κ3) is 4.11. The van der Waals surface area contributed by atoms with Gasteiger partial charge in [0.25, 0.3) is 5.56 Å². The van der Waals surface area contributed by atoms with Gasteiger partial charge in [-0.05, 0) is 17.7 Å². The number of H-pyrrole nitrogens is 2. The lowest BCUT2D eigenvalue weighted by molar-refractivity contribution is -0.140. The van der Waals surface area contributed by atoms with Crippen molar-refractivity contribution >= 4 is 17.6 Å². The quantitative estimate of drug-likeness (QED) is 0.631. The molecular formula is C20H18ClFN2O3. The van der Waals surface area contributed by atoms with Crippen LogP contribution in [-0.2, 0) is 16.0 Å². The Bertz CT molecular complexity index is 978. The second-order valence-corrected chi connectivity index (χ2v) is 6.51. The van der Waals surface area contributed by atoms with E-state index in [9.17, 15) is 14.0 Å². The van der Waals surface area contributed by atoms with Crippen LogP contribution in [0.4, 0.5) is 4.39 Å². The molecule has 140 valence electrons. The lowest BCUT2D eigenvalue weighted by atomic mass is 9.87. The number of methoxy groups -OCH3 is 1. The predicted molar refractivity (Wildman–Crippen MR) is 101 cm³/mol. The molecule has 5 nitrogen and oxygen atoms in total. The largest absolute Gasteiger partial charge is 0.469 e. The van der Waals surface area contributed by atoms with Gasteiger partial charge in [0.05, 0.1) is 13.5 Å². The normalized spacial score (nSPS) is 12.0. The molecule has 1 heterocycles. The maximum atomic E-state index is 14.6. The first kappa shape index (κ1) is 18.9. The van der Waals surface area contributed by atoms with Crippen molar-refractivity contribution in [2.45, 2.75) is 18.8 Å². The van der Waals surface area contributed by atoms with Crippen molar-refractivity contribution in [1.82, 2.24) is 10.2 Å². The monoisotopic (exact) mass is 388 g/mol. The fraction of sp³-hybridized carbons (Fsp3) is 0.200. The maximum absolute atomic E-state index is 14.6. The van der Waals surface area contributed by atoms with Crippen LogP contribution in [0.25, 0.3) is 0 Å². The number of carbonyl (C=O) groups is 1. The molecule has 0 aliphatic rings. The lowest BCUT2D eigenvalue weighted by Gasteiger charge is -2.18. The minimum atomic E-state index is -0.875. The van der Waals surface area contributed by atoms with Gasteiger partial charge >= 0.3 is 5.97 Å². The molecule has 3 aromatic rings. The Kier molecular flexibility index (Phi) is 5.76. The number of hydrogen-bond acceptors (Lipinski definition) is 3. The SMILES string of the molecule is COC(=O)C[C@H](c1c(F)cccc1Cl)c1c(Cc2ccccc2)[nH][nH]c1=O. The van der Waals surface area contributed by atoms with Crippen molar-refractivity contribution in [2.75, 3.05) is 7.11 Å². The lowest BCUT2D eigenvalue weighted by Crippen LogP contribution is -2.19. The number of esters is 1. The fourth-order valence-corrected chi connectivity index (χ4v) is 3.45. The molecular weight excluding hydrogens is 371 g/mol. The van der Waals surface area contributed by atoms with Crippen molar-refractivity contribution in [3.05, 3.63) is 92.1 Å². The molecule has 27 heavy (non-hydrogen) atoms. The topological polar surface area (TPSA) is 75.0 Å². The molecule has 0 radical (unpaired) electrons. The Morgan fingerprint density at radius 1 is 1.11 bits per heavy atom. The Balaban J connectivity index is 2.12. The minimum Gasteiger partial charge on any atom is -0.469 e. The molecule has 0 amide bonds. The van der Waals surface area contributed by atoms with Gasteiger partial charge in [-0.25, -0.2) is 4.39 Å². The number of aromatic amines is 2. The van der Waals surface area contributed by atoms with Gasteiger partial charge < -0.3 is 9.84 Å². The van der Waals surface area contributed by atoms with Gasteiger partial charge in [0.2, 0.25) is 0 Å². The van der Waals surface area contributed by atoms with Gasteiger partial charge in [-0.15, -0.1) is 0 Å². The summed E-state index contributed by atoms with van der Waals surface area (Å²) in [4.78, 5) is 24.5. The van der Waals surface area contributed by atoms with E-state index < -0.39 is 23.3 Å². The zero-order valence-electron chi connectivity index (χ0n) is 14.6. The summed E-state index contributed by atoms with van der Waals surface area (Å²) in [7, 11) is 1.24. The first-order chi connectivity index (χ1) is 13.0. The van der Waals surface area contributed by atoms with Crippen LogP contribution in [0.1, 0.15) is 34.7 Å². The van der Waals surface area contributed by atoms with Crippen molar-refractivity contribution in [3.63, 3.8) is 0 Å². The van der Waals surface area contributed by atoms with Crippen LogP contribution in [0.15, 0.2) is 53.3 Å². The van der Waals surface area contributed by atoms with Crippen LogP contribution < -0.4 is 5.56 Å². The Morgan fingerprint density at radius 2 is 1.85 bits per heavy atom. The molecule has 0 bridgehead atoms. The maximum Gasteiger partial charge on any atom is 0.306 e. The highest BCUT2D eigenvalue weighted by Gasteiger charge is 2.29. The molecule has 0 spiro atoms. The van der Waals surface area contributed by atoms with E-state index in [2.05, 4.69) is 10.2 Å². The van der Waals surface area contributed by atoms with Crippen LogP contribution in [0.2, 0.25) is 5.02 Å². The second-order valence-electron chi connectivity index (χ2n) is 6.10. The van der Waals surface area contributed by atoms with Gasteiger partial charge in [-0.3, -0.25) is 14.7 Å². The number of halogens is 2. The summed E-state index contributed by atoms with van der Waals surface area (Å²) < 4.78 is 19.3. The van der Waals surface area contributed by atoms with Gasteiger partial charge in [0, 0.05) is 34.2 Å². The third-order valence-corrected chi connectivity index (χ3v) is 4.75. The van der Waals surface area contributed by atoms with E-state index in [1.54, 1.807) is 0 Å². The molecule has 1 aromatic heterocycles. The number of benzene rings is 2. The number of aromatic nitrogens is 2. The molecule has 3 rings (SSSR count). The van der Waals surface area contributed by atoms with E-state index in [-0.39, 0.29) is 22.6 Å². The molecule has 2 aromatic carbocycles. The third-order valence-electron chi connectivity index (χ3n) is 4.42. The number of rotatable bonds is 6. The summed E-state index contributed by atoms with van der Waals surface area (Å²) in [5.41, 5.74) is 1.49. The summed E-state index contributed by atoms with van der Waals surface area (Å²) in [5.74, 6) is -2.02. The predicted octanol–water partition coefficient (Wildman–Crippen LogP) is 3.78. The smallest absolute Gasteiger partial charge is 0.306 e. The van der Waals surface area contributed by atoms with Gasteiger partial charge in [0.1, 0.15) is 5.82 Å². The second kappa shape index (κ2) is 8.22. The van der Waals surface area contributed by atoms with E-state index in [0.29, 0.717) is 12.1 Å². The first-order valence-electron chi connectivity index (χ1n) is 8.35. The Labute approximate surface area is 160 Å². The van der Waals surface area contributed by atoms with Crippen molar-refractivity contribution in [3.8, 4) is 0 Å². The molecule has 2 N–H and O–H groups in total. The highest BCUT2D eigenvalue weighted by Crippen LogP contribution is 2.35. The average molecular weight is 389 g/mol. The summed E-state index contributed by atoms with van der Waals surface area (Å²) in [6, 6.07) is 13.8. The molecule has 0 aliphatic carbocycles. The van der Waals surface area contributed by atoms with Crippen LogP contribution in [0.5, 0.6) is 0 Å². The van der Waals surface area contributed by atoms with E-state index in [4.69, 9.17) is 16.3 Å². The number of carbonyl (C=O) groups excluding carboxylic acids is 1. The Hall–Kier alpha value is -2.86. The van der Waals surface area contributed by atoms with Gasteiger partial charge in [0.15, 0.2) is 0 Å². The Morgan fingerprint density at radius 3 is 2.52 bits per heavy atom. The van der Waals surface area contributed by atoms with Crippen LogP contribution in [0.3, 0.4) is 0 Å². The molecule has 0 unspecified atom stereocenters. The summed E-state index contributed by atoms with van der Waals surface area (Å²) in [6.45, 7) is 0. The minimum absolute atomic E-state index is 0.101. The van der Waals surface area contributed by atoms with Crippen LogP contribution >= 0.6 is 11.6 Å². The number of hydrogen-bond donors (Lipinski definition) is 2. The van der Waals surface area contributed by atoms with Crippen molar-refractivity contribution in [1.29, 1.82) is 0 Å². The zero-order valence-corrected chi connectivity index (χ0v) is 15.3. The van der Waals surface area contributed by atoms with Crippen molar-refractivity contribution in [2.24, 2.45) is 0 Å². The standard InChI is InChI=1S/C20H18ClFN2O3/c1-27-17(25)11-13(18-14(21)8-5-9-15(18)22)19-16(23-24-20(19)26)10-12-6-3-2-4-7-12/h2-9,13H,10-11H2,1H3,(H2,23,24,26)/t13-/m1/s1. The number of nitrogens with one attached hydrogen (secondary N) is 2. The highest BCUT2D eigenvalue weighted by atomic mass is 35.5. The van der Waals surface area contributed by atoms with Gasteiger partial charge in [-0.2, -0.15) is 0 Å². The van der Waals surface area contributed by atoms with E-state index in [1.807, 2.05) is 30.3 Å². The van der Waals surface area contributed by atoms with E-state index >= 15 is 0 Å². The molecule has 7 heteroatoms. The fourth-order valence-electron chi connectivity index (χ4n) is 3.15. The van der Waals surface area contributed by atoms with E-state index in [1.165, 1.54) is 25.3 Å². The van der Waals surface area contributed by atoms with Gasteiger partial charge in [-0.1, -0.05) is 48.0 Å². The molecule has 0 saturated heterocycles. The van der Waals surface area contributed by atoms with Crippen LogP contribution in [-0.4, -0.2) is 23.3 Å². The molecule has 0 saturated carbocycles. The molecule has 0 fully saturated rings. The highest BCUT2D eigenvalue weighted by molar-refractivity contribution is 6.31. The van der Waals surface area contributed by atoms with Crippen molar-refractivity contribution < 1.29 is 13.9 Å². The zero-order chi connectivity index (χ0) is 19.4. The number of ether oxygens (including phenoxy) is 1. The molecule has 0 aliphatic heterocycles. The summed E-state index contributed by atoms with van der Waals surface area (Å²) in [5, 5.41) is 5.54. The summed E-state index contributed by atoms with van der Waals surface area (Å²) in [6.07, 6.45) is 0.207. The van der Waals surface area contributed by atoms with E-state index in [0.717, 1.165) is 5.56 Å². The average Bonchev–Trinajstić information content (AvgIpc) is 3.01. The first-order valence-corrected chi connectivity index (χ1v) is 8.73. The van der Waals surface area contributed by atoms with Crippen LogP contribution in [0, 0.1) is 5.82 Å². The summed E-state index contributed by atoms with van der Waals surface area (Å²) >= 11 is 6.22. The molecule has 1 atom stereocenters.